The fourth-order valence-corrected chi connectivity index (χ4v) is 3.98. The summed E-state index contributed by atoms with van der Waals surface area (Å²) in [6.07, 6.45) is 0. The smallest absolute Gasteiger partial charge is 0.234 e. The number of halogens is 1. The maximum Gasteiger partial charge on any atom is 0.234 e. The molecule has 1 aromatic heterocycles. The average molecular weight is 397 g/mol. The van der Waals surface area contributed by atoms with Gasteiger partial charge in [0.2, 0.25) is 11.8 Å². The monoisotopic (exact) mass is 396 g/mol. The zero-order chi connectivity index (χ0) is 18.2. The minimum atomic E-state index is -0.102. The molecule has 0 saturated carbocycles. The van der Waals surface area contributed by atoms with Crippen LogP contribution in [0.4, 0.5) is 5.69 Å². The zero-order valence-corrected chi connectivity index (χ0v) is 16.6. The fraction of sp³-hybridized carbons (Fsp3) is 0.333. The number of nitrogens with one attached hydrogen (secondary N) is 1. The molecule has 0 bridgehead atoms. The molecule has 2 rings (SSSR count). The van der Waals surface area contributed by atoms with Crippen molar-refractivity contribution in [1.29, 1.82) is 0 Å². The van der Waals surface area contributed by atoms with Crippen LogP contribution in [0, 0.1) is 6.92 Å². The highest BCUT2D eigenvalue weighted by atomic mass is 35.5. The molecule has 7 heteroatoms. The first-order valence-electron chi connectivity index (χ1n) is 7.94. The van der Waals surface area contributed by atoms with Crippen LogP contribution < -0.4 is 5.32 Å². The van der Waals surface area contributed by atoms with Crippen molar-refractivity contribution in [3.05, 3.63) is 51.2 Å². The van der Waals surface area contributed by atoms with Gasteiger partial charge in [-0.2, -0.15) is 0 Å². The summed E-state index contributed by atoms with van der Waals surface area (Å²) in [4.78, 5) is 27.1. The van der Waals surface area contributed by atoms with Crippen LogP contribution in [0.2, 0.25) is 4.34 Å². The van der Waals surface area contributed by atoms with E-state index in [2.05, 4.69) is 5.32 Å². The van der Waals surface area contributed by atoms with Crippen molar-refractivity contribution >= 4 is 52.2 Å². The summed E-state index contributed by atoms with van der Waals surface area (Å²) in [5.74, 6) is 0.464. The van der Waals surface area contributed by atoms with Gasteiger partial charge in [0.05, 0.1) is 22.4 Å². The van der Waals surface area contributed by atoms with Crippen LogP contribution >= 0.6 is 34.7 Å². The molecule has 1 aromatic carbocycles. The molecule has 1 N–H and O–H groups in total. The van der Waals surface area contributed by atoms with Crippen LogP contribution in [-0.4, -0.2) is 34.8 Å². The molecule has 0 radical (unpaired) electrons. The summed E-state index contributed by atoms with van der Waals surface area (Å²) in [5, 5.41) is 2.83. The van der Waals surface area contributed by atoms with E-state index in [-0.39, 0.29) is 23.3 Å². The summed E-state index contributed by atoms with van der Waals surface area (Å²) in [5.41, 5.74) is 1.91. The van der Waals surface area contributed by atoms with E-state index in [1.165, 1.54) is 23.1 Å². The maximum atomic E-state index is 12.3. The number of hydrogen-bond donors (Lipinski definition) is 1. The van der Waals surface area contributed by atoms with Gasteiger partial charge in [0.15, 0.2) is 0 Å². The van der Waals surface area contributed by atoms with Gasteiger partial charge in [0, 0.05) is 17.1 Å². The van der Waals surface area contributed by atoms with Crippen molar-refractivity contribution in [1.82, 2.24) is 4.90 Å². The van der Waals surface area contributed by atoms with Gasteiger partial charge in [-0.1, -0.05) is 29.3 Å². The normalized spacial score (nSPS) is 10.5. The SMILES string of the molecule is CCN(Cc1ccc(Cl)s1)C(=O)CSCC(=O)Nc1ccc(C)cc1. The molecule has 0 spiro atoms. The van der Waals surface area contributed by atoms with E-state index in [4.69, 9.17) is 11.6 Å². The first-order valence-corrected chi connectivity index (χ1v) is 10.3. The van der Waals surface area contributed by atoms with E-state index >= 15 is 0 Å². The van der Waals surface area contributed by atoms with Crippen molar-refractivity contribution in [2.45, 2.75) is 20.4 Å². The van der Waals surface area contributed by atoms with Crippen LogP contribution in [0.1, 0.15) is 17.4 Å². The number of nitrogens with zero attached hydrogens (tertiary/aromatic N) is 1. The number of benzene rings is 1. The Balaban J connectivity index is 1.74. The van der Waals surface area contributed by atoms with Crippen molar-refractivity contribution in [2.24, 2.45) is 0 Å². The molecule has 0 unspecified atom stereocenters. The minimum Gasteiger partial charge on any atom is -0.337 e. The molecule has 2 amide bonds. The summed E-state index contributed by atoms with van der Waals surface area (Å²) in [7, 11) is 0. The number of aryl methyl sites for hydroxylation is 1. The highest BCUT2D eigenvalue weighted by molar-refractivity contribution is 8.00. The Hall–Kier alpha value is -1.50. The quantitative estimate of drug-likeness (QED) is 0.718. The highest BCUT2D eigenvalue weighted by Crippen LogP contribution is 2.23. The molecule has 0 aliphatic heterocycles. The number of carbonyl (C=O) groups excluding carboxylic acids is 2. The lowest BCUT2D eigenvalue weighted by molar-refractivity contribution is -0.128. The van der Waals surface area contributed by atoms with Gasteiger partial charge in [-0.3, -0.25) is 9.59 Å². The number of amides is 2. The molecule has 134 valence electrons. The van der Waals surface area contributed by atoms with Crippen molar-refractivity contribution in [3.63, 3.8) is 0 Å². The number of anilines is 1. The van der Waals surface area contributed by atoms with Crippen LogP contribution in [-0.2, 0) is 16.1 Å². The predicted octanol–water partition coefficient (Wildman–Crippen LogP) is 4.43. The minimum absolute atomic E-state index is 0.0279. The Bertz CT molecular complexity index is 716. The number of thioether (sulfide) groups is 1. The molecule has 25 heavy (non-hydrogen) atoms. The van der Waals surface area contributed by atoms with E-state index in [1.807, 2.05) is 50.2 Å². The van der Waals surface area contributed by atoms with Crippen molar-refractivity contribution in [2.75, 3.05) is 23.4 Å². The largest absolute Gasteiger partial charge is 0.337 e. The van der Waals surface area contributed by atoms with Crippen LogP contribution in [0.5, 0.6) is 0 Å². The molecule has 0 aliphatic rings. The third kappa shape index (κ3) is 6.72. The van der Waals surface area contributed by atoms with E-state index in [0.29, 0.717) is 13.1 Å². The average Bonchev–Trinajstić information content (AvgIpc) is 2.99. The Labute approximate surface area is 161 Å². The number of carbonyl (C=O) groups is 2. The Kier molecular flexibility index (Phi) is 7.81. The van der Waals surface area contributed by atoms with E-state index in [9.17, 15) is 9.59 Å². The standard InChI is InChI=1S/C18H21ClN2O2S2/c1-3-21(10-15-8-9-16(19)25-15)18(23)12-24-11-17(22)20-14-6-4-13(2)5-7-14/h4-9H,3,10-12H2,1-2H3,(H,20,22). The molecule has 0 saturated heterocycles. The van der Waals surface area contributed by atoms with Gasteiger partial charge in [0.1, 0.15) is 0 Å². The molecule has 0 aliphatic carbocycles. The first-order chi connectivity index (χ1) is 12.0. The molecule has 0 fully saturated rings. The van der Waals surface area contributed by atoms with Gasteiger partial charge in [0.25, 0.3) is 0 Å². The second-order valence-electron chi connectivity index (χ2n) is 5.52. The molecule has 0 atom stereocenters. The molecular weight excluding hydrogens is 376 g/mol. The van der Waals surface area contributed by atoms with Gasteiger partial charge >= 0.3 is 0 Å². The van der Waals surface area contributed by atoms with E-state index in [1.54, 1.807) is 4.90 Å². The van der Waals surface area contributed by atoms with Gasteiger partial charge < -0.3 is 10.2 Å². The predicted molar refractivity (Wildman–Crippen MR) is 108 cm³/mol. The second-order valence-corrected chi connectivity index (χ2v) is 8.31. The Morgan fingerprint density at radius 2 is 1.88 bits per heavy atom. The highest BCUT2D eigenvalue weighted by Gasteiger charge is 2.14. The zero-order valence-electron chi connectivity index (χ0n) is 14.3. The maximum absolute atomic E-state index is 12.3. The van der Waals surface area contributed by atoms with Gasteiger partial charge in [-0.05, 0) is 38.1 Å². The molecular formula is C18H21ClN2O2S2. The van der Waals surface area contributed by atoms with Gasteiger partial charge in [-0.25, -0.2) is 0 Å². The third-order valence-electron chi connectivity index (χ3n) is 3.50. The number of hydrogen-bond acceptors (Lipinski definition) is 4. The van der Waals surface area contributed by atoms with Crippen LogP contribution in [0.15, 0.2) is 36.4 Å². The summed E-state index contributed by atoms with van der Waals surface area (Å²) >= 11 is 8.73. The van der Waals surface area contributed by atoms with Gasteiger partial charge in [-0.15, -0.1) is 23.1 Å². The number of thiophene rings is 1. The molecule has 2 aromatic rings. The summed E-state index contributed by atoms with van der Waals surface area (Å²) in [6.45, 7) is 5.13. The Morgan fingerprint density at radius 1 is 1.16 bits per heavy atom. The van der Waals surface area contributed by atoms with Crippen molar-refractivity contribution < 1.29 is 9.59 Å². The molecule has 1 heterocycles. The third-order valence-corrected chi connectivity index (χ3v) is 5.64. The summed E-state index contributed by atoms with van der Waals surface area (Å²) < 4.78 is 0.723. The lowest BCUT2D eigenvalue weighted by atomic mass is 10.2. The lowest BCUT2D eigenvalue weighted by Gasteiger charge is -2.19. The lowest BCUT2D eigenvalue weighted by Crippen LogP contribution is -2.31. The topological polar surface area (TPSA) is 49.4 Å². The van der Waals surface area contributed by atoms with E-state index < -0.39 is 0 Å². The second kappa shape index (κ2) is 9.85. The first kappa shape index (κ1) is 19.8. The van der Waals surface area contributed by atoms with Crippen molar-refractivity contribution in [3.8, 4) is 0 Å². The number of rotatable bonds is 8. The Morgan fingerprint density at radius 3 is 2.48 bits per heavy atom. The van der Waals surface area contributed by atoms with Crippen LogP contribution in [0.3, 0.4) is 0 Å². The fourth-order valence-electron chi connectivity index (χ4n) is 2.16. The molecule has 4 nitrogen and oxygen atoms in total. The van der Waals surface area contributed by atoms with E-state index in [0.717, 1.165) is 20.5 Å². The van der Waals surface area contributed by atoms with Crippen LogP contribution in [0.25, 0.3) is 0 Å². The summed E-state index contributed by atoms with van der Waals surface area (Å²) in [6, 6.07) is 11.4.